The quantitative estimate of drug-likeness (QED) is 0.793. The zero-order chi connectivity index (χ0) is 10.1. The molecule has 0 radical (unpaired) electrons. The molecule has 1 saturated carbocycles. The highest BCUT2D eigenvalue weighted by molar-refractivity contribution is 5.95. The van der Waals surface area contributed by atoms with Crippen LogP contribution in [0.3, 0.4) is 0 Å². The van der Waals surface area contributed by atoms with Crippen molar-refractivity contribution < 1.29 is 13.9 Å². The summed E-state index contributed by atoms with van der Waals surface area (Å²) in [5.41, 5.74) is 5.35. The Morgan fingerprint density at radius 2 is 2.21 bits per heavy atom. The Bertz CT molecular complexity index is 374. The van der Waals surface area contributed by atoms with E-state index in [9.17, 15) is 9.18 Å². The van der Waals surface area contributed by atoms with Crippen molar-refractivity contribution in [1.29, 1.82) is 0 Å². The van der Waals surface area contributed by atoms with Crippen LogP contribution in [0.5, 0.6) is 5.75 Å². The van der Waals surface area contributed by atoms with E-state index in [2.05, 4.69) is 0 Å². The number of primary amides is 1. The Hall–Kier alpha value is -1.58. The highest BCUT2D eigenvalue weighted by Gasteiger charge is 2.25. The van der Waals surface area contributed by atoms with Crippen molar-refractivity contribution in [2.75, 3.05) is 0 Å². The predicted octanol–water partition coefficient (Wildman–Crippen LogP) is 1.47. The molecule has 1 aliphatic carbocycles. The van der Waals surface area contributed by atoms with E-state index in [0.717, 1.165) is 12.8 Å². The van der Waals surface area contributed by atoms with E-state index in [-0.39, 0.29) is 17.4 Å². The summed E-state index contributed by atoms with van der Waals surface area (Å²) in [6, 6.07) is 3.73. The number of amides is 1. The summed E-state index contributed by atoms with van der Waals surface area (Å²) in [6.07, 6.45) is 2.03. The average Bonchev–Trinajstić information content (AvgIpc) is 2.87. The lowest BCUT2D eigenvalue weighted by atomic mass is 10.2. The summed E-state index contributed by atoms with van der Waals surface area (Å²) in [4.78, 5) is 11.0. The van der Waals surface area contributed by atoms with Gasteiger partial charge in [0.1, 0.15) is 11.6 Å². The van der Waals surface area contributed by atoms with Gasteiger partial charge in [-0.15, -0.1) is 0 Å². The van der Waals surface area contributed by atoms with Crippen molar-refractivity contribution in [2.45, 2.75) is 18.9 Å². The van der Waals surface area contributed by atoms with Crippen LogP contribution >= 0.6 is 0 Å². The van der Waals surface area contributed by atoms with Crippen molar-refractivity contribution in [3.05, 3.63) is 29.6 Å². The Balaban J connectivity index is 2.31. The molecular weight excluding hydrogens is 185 g/mol. The van der Waals surface area contributed by atoms with E-state index in [1.165, 1.54) is 18.2 Å². The van der Waals surface area contributed by atoms with Gasteiger partial charge in [-0.2, -0.15) is 0 Å². The number of rotatable bonds is 3. The fourth-order valence-electron chi connectivity index (χ4n) is 1.16. The van der Waals surface area contributed by atoms with Gasteiger partial charge in [0.15, 0.2) is 0 Å². The normalized spacial score (nSPS) is 15.2. The molecule has 0 spiro atoms. The summed E-state index contributed by atoms with van der Waals surface area (Å²) in [5, 5.41) is 0. The predicted molar refractivity (Wildman–Crippen MR) is 48.6 cm³/mol. The Labute approximate surface area is 80.7 Å². The SMILES string of the molecule is NC(=O)c1ccc(F)cc1OC1CC1. The first-order chi connectivity index (χ1) is 6.66. The summed E-state index contributed by atoms with van der Waals surface area (Å²) in [6.45, 7) is 0. The second-order valence-corrected chi connectivity index (χ2v) is 3.32. The third-order valence-corrected chi connectivity index (χ3v) is 2.03. The second kappa shape index (κ2) is 3.29. The molecule has 2 N–H and O–H groups in total. The number of ether oxygens (including phenoxy) is 1. The smallest absolute Gasteiger partial charge is 0.252 e. The number of halogens is 1. The third kappa shape index (κ3) is 1.84. The molecular formula is C10H10FNO2. The molecule has 0 saturated heterocycles. The molecule has 1 amide bonds. The third-order valence-electron chi connectivity index (χ3n) is 2.03. The van der Waals surface area contributed by atoms with Gasteiger partial charge in [0.2, 0.25) is 0 Å². The van der Waals surface area contributed by atoms with Gasteiger partial charge in [-0.25, -0.2) is 4.39 Å². The van der Waals surface area contributed by atoms with E-state index in [0.29, 0.717) is 0 Å². The van der Waals surface area contributed by atoms with E-state index in [4.69, 9.17) is 10.5 Å². The van der Waals surface area contributed by atoms with E-state index >= 15 is 0 Å². The van der Waals surface area contributed by atoms with Gasteiger partial charge in [0, 0.05) is 6.07 Å². The number of benzene rings is 1. The minimum atomic E-state index is -0.597. The van der Waals surface area contributed by atoms with Crippen molar-refractivity contribution in [2.24, 2.45) is 5.73 Å². The molecule has 1 aliphatic rings. The molecule has 0 aromatic heterocycles. The molecule has 3 nitrogen and oxygen atoms in total. The van der Waals surface area contributed by atoms with Crippen molar-refractivity contribution in [3.8, 4) is 5.75 Å². The minimum absolute atomic E-state index is 0.120. The average molecular weight is 195 g/mol. The maximum absolute atomic E-state index is 12.8. The Kier molecular flexibility index (Phi) is 2.11. The summed E-state index contributed by atoms with van der Waals surface area (Å²) < 4.78 is 18.2. The van der Waals surface area contributed by atoms with Gasteiger partial charge in [-0.3, -0.25) is 4.79 Å². The van der Waals surface area contributed by atoms with Crippen LogP contribution in [0, 0.1) is 5.82 Å². The molecule has 14 heavy (non-hydrogen) atoms. The Morgan fingerprint density at radius 1 is 1.50 bits per heavy atom. The van der Waals surface area contributed by atoms with Crippen LogP contribution in [0.25, 0.3) is 0 Å². The topological polar surface area (TPSA) is 52.3 Å². The van der Waals surface area contributed by atoms with E-state index < -0.39 is 11.7 Å². The molecule has 0 unspecified atom stereocenters. The molecule has 1 aromatic carbocycles. The molecule has 1 fully saturated rings. The van der Waals surface area contributed by atoms with Crippen LogP contribution in [-0.4, -0.2) is 12.0 Å². The highest BCUT2D eigenvalue weighted by atomic mass is 19.1. The van der Waals surface area contributed by atoms with Gasteiger partial charge in [0.25, 0.3) is 5.91 Å². The monoisotopic (exact) mass is 195 g/mol. The molecule has 0 atom stereocenters. The molecule has 0 aliphatic heterocycles. The zero-order valence-electron chi connectivity index (χ0n) is 7.50. The Morgan fingerprint density at radius 3 is 2.79 bits per heavy atom. The van der Waals surface area contributed by atoms with Gasteiger partial charge < -0.3 is 10.5 Å². The number of hydrogen-bond donors (Lipinski definition) is 1. The first-order valence-electron chi connectivity index (χ1n) is 4.43. The van der Waals surface area contributed by atoms with Crippen molar-refractivity contribution in [3.63, 3.8) is 0 Å². The summed E-state index contributed by atoms with van der Waals surface area (Å²) >= 11 is 0. The largest absolute Gasteiger partial charge is 0.489 e. The van der Waals surface area contributed by atoms with Crippen LogP contribution < -0.4 is 10.5 Å². The molecule has 74 valence electrons. The molecule has 1 aromatic rings. The van der Waals surface area contributed by atoms with Gasteiger partial charge in [0.05, 0.1) is 11.7 Å². The summed E-state index contributed by atoms with van der Waals surface area (Å²) in [5.74, 6) is -0.772. The van der Waals surface area contributed by atoms with Gasteiger partial charge in [-0.05, 0) is 25.0 Å². The van der Waals surface area contributed by atoms with Gasteiger partial charge >= 0.3 is 0 Å². The summed E-state index contributed by atoms with van der Waals surface area (Å²) in [7, 11) is 0. The van der Waals surface area contributed by atoms with Crippen molar-refractivity contribution in [1.82, 2.24) is 0 Å². The standard InChI is InChI=1S/C10H10FNO2/c11-6-1-4-8(10(12)13)9(5-6)14-7-2-3-7/h1,4-5,7H,2-3H2,(H2,12,13). The number of carbonyl (C=O) groups is 1. The highest BCUT2D eigenvalue weighted by Crippen LogP contribution is 2.29. The first kappa shape index (κ1) is 8.99. The molecule has 0 bridgehead atoms. The molecule has 0 heterocycles. The zero-order valence-corrected chi connectivity index (χ0v) is 7.50. The lowest BCUT2D eigenvalue weighted by Crippen LogP contribution is -2.13. The van der Waals surface area contributed by atoms with Crippen molar-refractivity contribution >= 4 is 5.91 Å². The maximum Gasteiger partial charge on any atom is 0.252 e. The van der Waals surface area contributed by atoms with Gasteiger partial charge in [-0.1, -0.05) is 0 Å². The van der Waals surface area contributed by atoms with E-state index in [1.54, 1.807) is 0 Å². The number of hydrogen-bond acceptors (Lipinski definition) is 2. The fourth-order valence-corrected chi connectivity index (χ4v) is 1.16. The second-order valence-electron chi connectivity index (χ2n) is 3.32. The number of nitrogens with two attached hydrogens (primary N) is 1. The van der Waals surface area contributed by atoms with Crippen LogP contribution in [-0.2, 0) is 0 Å². The lowest BCUT2D eigenvalue weighted by Gasteiger charge is -2.07. The van der Waals surface area contributed by atoms with Crippen LogP contribution in [0.15, 0.2) is 18.2 Å². The van der Waals surface area contributed by atoms with E-state index in [1.807, 2.05) is 0 Å². The lowest BCUT2D eigenvalue weighted by molar-refractivity contribution is 0.0996. The maximum atomic E-state index is 12.8. The molecule has 4 heteroatoms. The fraction of sp³-hybridized carbons (Fsp3) is 0.300. The van der Waals surface area contributed by atoms with Crippen LogP contribution in [0.4, 0.5) is 4.39 Å². The number of carbonyl (C=O) groups excluding carboxylic acids is 1. The van der Waals surface area contributed by atoms with Crippen LogP contribution in [0.1, 0.15) is 23.2 Å². The van der Waals surface area contributed by atoms with Crippen LogP contribution in [0.2, 0.25) is 0 Å². The first-order valence-corrected chi connectivity index (χ1v) is 4.43. The molecule has 2 rings (SSSR count). The minimum Gasteiger partial charge on any atom is -0.489 e.